The predicted octanol–water partition coefficient (Wildman–Crippen LogP) is -4.18. The number of Topliss-reactive ketones (excluding diaryl/α,β-unsaturated/α-hetero) is 2. The number of carbonyl (C=O) groups excluding carboxylic acids is 3. The van der Waals surface area contributed by atoms with Crippen molar-refractivity contribution < 1.29 is 150 Å². The van der Waals surface area contributed by atoms with Crippen LogP contribution in [0.3, 0.4) is 0 Å². The maximum Gasteiger partial charge on any atom is 1.00 e. The van der Waals surface area contributed by atoms with Gasteiger partial charge in [-0.2, -0.15) is 8.42 Å². The SMILES string of the molecule is CC(=O)c1nn(Cc2ccccc2F)c(=O)[nH]1.CC(=O)c1nn(Cc2ccccc2F)c(=O)n1C.COS(=O)(=O)c1ccc(C)cc1.O=CO[O-].[H-].[K+].[K+]. The van der Waals surface area contributed by atoms with Gasteiger partial charge < -0.3 is 11.6 Å². The van der Waals surface area contributed by atoms with E-state index in [1.807, 2.05) is 6.92 Å². The summed E-state index contributed by atoms with van der Waals surface area (Å²) >= 11 is 0. The number of hydrogen-bond donors (Lipinski definition) is 1. The number of H-pyrrole nitrogens is 1. The molecule has 1 N–H and O–H groups in total. The molecule has 53 heavy (non-hydrogen) atoms. The summed E-state index contributed by atoms with van der Waals surface area (Å²) in [5.41, 5.74) is 0.746. The molecule has 21 heteroatoms. The fourth-order valence-corrected chi connectivity index (χ4v) is 4.56. The zero-order chi connectivity index (χ0) is 38.3. The van der Waals surface area contributed by atoms with E-state index < -0.39 is 33.1 Å². The largest absolute Gasteiger partial charge is 1.00 e. The van der Waals surface area contributed by atoms with Crippen LogP contribution in [-0.2, 0) is 44.1 Å². The van der Waals surface area contributed by atoms with E-state index in [0.29, 0.717) is 11.1 Å². The Morgan fingerprint density at radius 3 is 1.72 bits per heavy atom. The molecule has 0 amide bonds. The van der Waals surface area contributed by atoms with Crippen LogP contribution < -0.4 is 119 Å². The number of nitrogens with zero attached hydrogens (tertiary/aromatic N) is 5. The second-order valence-electron chi connectivity index (χ2n) is 10.2. The molecule has 3 aromatic carbocycles. The summed E-state index contributed by atoms with van der Waals surface area (Å²) in [6.07, 6.45) is 0. The van der Waals surface area contributed by atoms with Gasteiger partial charge in [0.25, 0.3) is 16.6 Å². The number of carbonyl (C=O) groups is 3. The number of aromatic amines is 1. The van der Waals surface area contributed by atoms with Gasteiger partial charge in [-0.05, 0) is 31.2 Å². The minimum absolute atomic E-state index is 0. The number of benzene rings is 3. The smallest absolute Gasteiger partial charge is 1.00 e. The number of halogens is 2. The van der Waals surface area contributed by atoms with Crippen molar-refractivity contribution in [2.45, 2.75) is 38.8 Å². The normalized spacial score (nSPS) is 9.96. The molecular formula is C32H34F2K2N6O10S. The van der Waals surface area contributed by atoms with Crippen LogP contribution in [0, 0.1) is 18.6 Å². The maximum absolute atomic E-state index is 13.5. The molecule has 0 saturated heterocycles. The molecule has 0 fully saturated rings. The number of aromatic nitrogens is 6. The molecule has 0 aliphatic heterocycles. The van der Waals surface area contributed by atoms with Gasteiger partial charge in [0, 0.05) is 32.0 Å². The van der Waals surface area contributed by atoms with Gasteiger partial charge in [0.05, 0.1) is 25.1 Å². The quantitative estimate of drug-likeness (QED) is 0.0375. The third-order valence-electron chi connectivity index (χ3n) is 6.49. The molecule has 0 unspecified atom stereocenters. The summed E-state index contributed by atoms with van der Waals surface area (Å²) in [4.78, 5) is 59.2. The first-order valence-electron chi connectivity index (χ1n) is 14.4. The molecule has 2 heterocycles. The minimum Gasteiger partial charge on any atom is -1.00 e. The van der Waals surface area contributed by atoms with Gasteiger partial charge in [-0.25, -0.2) is 27.7 Å². The first-order chi connectivity index (χ1) is 24.1. The van der Waals surface area contributed by atoms with Crippen molar-refractivity contribution in [2.75, 3.05) is 7.11 Å². The van der Waals surface area contributed by atoms with Crippen LogP contribution in [0.15, 0.2) is 87.3 Å². The molecule has 274 valence electrons. The van der Waals surface area contributed by atoms with E-state index in [4.69, 9.17) is 10.1 Å². The first-order valence-corrected chi connectivity index (χ1v) is 15.9. The molecule has 0 aliphatic carbocycles. The van der Waals surface area contributed by atoms with Gasteiger partial charge in [-0.3, -0.25) is 28.1 Å². The van der Waals surface area contributed by atoms with Crippen LogP contribution in [0.25, 0.3) is 0 Å². The van der Waals surface area contributed by atoms with Gasteiger partial charge in [0.15, 0.2) is 23.2 Å². The summed E-state index contributed by atoms with van der Waals surface area (Å²) in [7, 11) is -0.905. The van der Waals surface area contributed by atoms with Crippen LogP contribution in [0.5, 0.6) is 0 Å². The summed E-state index contributed by atoms with van der Waals surface area (Å²) in [5, 5.41) is 16.1. The molecule has 0 aliphatic rings. The first kappa shape index (κ1) is 50.4. The molecule has 0 bridgehead atoms. The van der Waals surface area contributed by atoms with Crippen molar-refractivity contribution in [3.63, 3.8) is 0 Å². The van der Waals surface area contributed by atoms with Crippen molar-refractivity contribution in [3.8, 4) is 0 Å². The number of nitrogens with one attached hydrogen (secondary N) is 1. The van der Waals surface area contributed by atoms with Crippen LogP contribution in [-0.4, -0.2) is 62.7 Å². The number of rotatable bonds is 9. The number of ketones is 2. The van der Waals surface area contributed by atoms with E-state index in [9.17, 15) is 36.4 Å². The predicted molar refractivity (Wildman–Crippen MR) is 175 cm³/mol. The van der Waals surface area contributed by atoms with Crippen molar-refractivity contribution in [2.24, 2.45) is 7.05 Å². The van der Waals surface area contributed by atoms with E-state index in [-0.39, 0.29) is 152 Å². The van der Waals surface area contributed by atoms with E-state index in [0.717, 1.165) is 26.6 Å². The number of aryl methyl sites for hydroxylation is 1. The second-order valence-corrected chi connectivity index (χ2v) is 11.9. The van der Waals surface area contributed by atoms with E-state index >= 15 is 0 Å². The van der Waals surface area contributed by atoms with Crippen molar-refractivity contribution in [3.05, 3.63) is 134 Å². The molecular weight excluding hydrogens is 777 g/mol. The molecule has 0 saturated carbocycles. The average Bonchev–Trinajstić information content (AvgIpc) is 3.62. The van der Waals surface area contributed by atoms with Crippen molar-refractivity contribution in [1.82, 2.24) is 29.1 Å². The minimum atomic E-state index is -3.51. The van der Waals surface area contributed by atoms with E-state index in [2.05, 4.69) is 24.3 Å². The van der Waals surface area contributed by atoms with Crippen molar-refractivity contribution in [1.29, 1.82) is 0 Å². The summed E-state index contributed by atoms with van der Waals surface area (Å²) in [6.45, 7) is 4.34. The van der Waals surface area contributed by atoms with Gasteiger partial charge in [-0.15, -0.1) is 10.2 Å². The van der Waals surface area contributed by atoms with Crippen LogP contribution >= 0.6 is 0 Å². The molecule has 2 aromatic heterocycles. The Kier molecular flexibility index (Phi) is 23.5. The Balaban J connectivity index is 0. The Morgan fingerprint density at radius 1 is 0.868 bits per heavy atom. The van der Waals surface area contributed by atoms with Gasteiger partial charge >= 0.3 is 114 Å². The third-order valence-corrected chi connectivity index (χ3v) is 7.78. The number of hydrogen-bond acceptors (Lipinski definition) is 12. The second kappa shape index (κ2) is 24.7. The van der Waals surface area contributed by atoms with Crippen LogP contribution in [0.4, 0.5) is 8.78 Å². The Bertz CT molecular complexity index is 2190. The molecule has 5 aromatic rings. The monoisotopic (exact) mass is 810 g/mol. The topological polar surface area (TPSA) is 217 Å². The maximum atomic E-state index is 13.5. The molecule has 0 atom stereocenters. The van der Waals surface area contributed by atoms with E-state index in [1.54, 1.807) is 48.5 Å². The Morgan fingerprint density at radius 2 is 1.34 bits per heavy atom. The van der Waals surface area contributed by atoms with Crippen LogP contribution in [0.2, 0.25) is 0 Å². The summed E-state index contributed by atoms with van der Waals surface area (Å²) < 4.78 is 56.6. The van der Waals surface area contributed by atoms with Gasteiger partial charge in [-0.1, -0.05) is 54.1 Å². The van der Waals surface area contributed by atoms with E-state index in [1.165, 1.54) is 45.2 Å². The van der Waals surface area contributed by atoms with Crippen molar-refractivity contribution >= 4 is 28.2 Å². The standard InChI is InChI=1S/C12H12FN3O2.C11H10FN3O2.C8H10O3S.CH2O3.2K.H/c1-8(17)11-14-16(12(18)15(11)2)7-9-5-3-4-6-10(9)13;1-7(16)10-13-11(17)15(14-10)6-8-4-2-3-5-9(8)12;1-7-3-5-8(6-4-7)12(9,10)11-2;2-1-4-3;;;/h3-6H,7H2,1-2H3;2-5H,6H2,1H3,(H,13,14,17);3-6H,1-2H3;1,3H;;;/q;;;;2*+1;-1/p-1. The fraction of sp³-hybridized carbons (Fsp3) is 0.219. The Labute approximate surface area is 388 Å². The molecule has 0 radical (unpaired) electrons. The Hall–Kier alpha value is -2.65. The van der Waals surface area contributed by atoms with Gasteiger partial charge in [0.1, 0.15) is 11.6 Å². The molecule has 5 rings (SSSR count). The van der Waals surface area contributed by atoms with Gasteiger partial charge in [0.2, 0.25) is 0 Å². The molecule has 16 nitrogen and oxygen atoms in total. The zero-order valence-electron chi connectivity index (χ0n) is 30.9. The summed E-state index contributed by atoms with van der Waals surface area (Å²) in [5.74, 6) is -1.41. The zero-order valence-corrected chi connectivity index (χ0v) is 37.0. The fourth-order valence-electron chi connectivity index (χ4n) is 3.90. The molecule has 0 spiro atoms. The average molecular weight is 811 g/mol. The third kappa shape index (κ3) is 15.9. The summed E-state index contributed by atoms with van der Waals surface area (Å²) in [6, 6.07) is 18.7. The van der Waals surface area contributed by atoms with Crippen LogP contribution in [0.1, 0.15) is 53.2 Å².